The summed E-state index contributed by atoms with van der Waals surface area (Å²) in [5.74, 6) is -0.192. The third-order valence-electron chi connectivity index (χ3n) is 4.16. The predicted molar refractivity (Wildman–Crippen MR) is 93.4 cm³/mol. The molecule has 0 radical (unpaired) electrons. The largest absolute Gasteiger partial charge is 0.350 e. The van der Waals surface area contributed by atoms with Gasteiger partial charge >= 0.3 is 0 Å². The summed E-state index contributed by atoms with van der Waals surface area (Å²) in [7, 11) is 0. The molecule has 1 aliphatic heterocycles. The van der Waals surface area contributed by atoms with Crippen LogP contribution < -0.4 is 10.6 Å². The Hall–Kier alpha value is -2.02. The Morgan fingerprint density at radius 1 is 1.33 bits per heavy atom. The average molecular weight is 364 g/mol. The van der Waals surface area contributed by atoms with Crippen LogP contribution in [0.1, 0.15) is 21.7 Å². The number of hydrogen-bond donors (Lipinski definition) is 3. The summed E-state index contributed by atoms with van der Waals surface area (Å²) in [5, 5.41) is 12.4. The summed E-state index contributed by atoms with van der Waals surface area (Å²) >= 11 is 12.2. The fourth-order valence-electron chi connectivity index (χ4n) is 2.94. The van der Waals surface area contributed by atoms with Gasteiger partial charge in [0.05, 0.1) is 23.5 Å². The number of aromatic amines is 1. The molecule has 0 saturated carbocycles. The zero-order valence-corrected chi connectivity index (χ0v) is 14.2. The van der Waals surface area contributed by atoms with Crippen molar-refractivity contribution in [2.75, 3.05) is 6.54 Å². The lowest BCUT2D eigenvalue weighted by Crippen LogP contribution is -2.30. The first kappa shape index (κ1) is 15.5. The van der Waals surface area contributed by atoms with Gasteiger partial charge < -0.3 is 15.6 Å². The lowest BCUT2D eigenvalue weighted by atomic mass is 10.2. The number of carbonyl (C=O) groups is 1. The summed E-state index contributed by atoms with van der Waals surface area (Å²) in [5.41, 5.74) is 3.33. The minimum Gasteiger partial charge on any atom is -0.350 e. The first-order valence-electron chi connectivity index (χ1n) is 7.62. The first-order chi connectivity index (χ1) is 11.6. The topological polar surface area (TPSA) is 74.7 Å². The second-order valence-corrected chi connectivity index (χ2v) is 6.57. The molecule has 3 N–H and O–H groups in total. The van der Waals surface area contributed by atoms with Gasteiger partial charge in [0.15, 0.2) is 0 Å². The smallest absolute Gasteiger partial charge is 0.267 e. The maximum absolute atomic E-state index is 12.4. The highest BCUT2D eigenvalue weighted by atomic mass is 35.5. The number of amides is 1. The molecule has 0 aliphatic carbocycles. The van der Waals surface area contributed by atoms with Crippen molar-refractivity contribution in [3.8, 4) is 0 Å². The van der Waals surface area contributed by atoms with E-state index < -0.39 is 0 Å². The number of rotatable bonds is 3. The van der Waals surface area contributed by atoms with Crippen LogP contribution in [0.5, 0.6) is 0 Å². The summed E-state index contributed by atoms with van der Waals surface area (Å²) in [6.45, 7) is 2.97. The Morgan fingerprint density at radius 3 is 3.08 bits per heavy atom. The number of hydrogen-bond acceptors (Lipinski definition) is 3. The molecule has 8 heteroatoms. The van der Waals surface area contributed by atoms with Gasteiger partial charge in [-0.25, -0.2) is 0 Å². The quantitative estimate of drug-likeness (QED) is 0.669. The fraction of sp³-hybridized carbons (Fsp3) is 0.250. The standard InChI is InChI=1S/C16H15Cl2N5O/c17-10-3-12(18)11-5-14(22-13(11)4-10)16(24)20-6-9-7-21-23-2-1-19-8-15(9)23/h3-5,7,19,22H,1-2,6,8H2,(H,20,24). The molecule has 1 aliphatic rings. The minimum absolute atomic E-state index is 0.192. The molecule has 0 bridgehead atoms. The summed E-state index contributed by atoms with van der Waals surface area (Å²) in [6, 6.07) is 5.14. The van der Waals surface area contributed by atoms with Crippen molar-refractivity contribution in [3.63, 3.8) is 0 Å². The average Bonchev–Trinajstić information content (AvgIpc) is 3.17. The highest BCUT2D eigenvalue weighted by Crippen LogP contribution is 2.28. The Kier molecular flexibility index (Phi) is 3.96. The predicted octanol–water partition coefficient (Wildman–Crippen LogP) is 2.70. The molecule has 0 saturated heterocycles. The molecule has 0 spiro atoms. The van der Waals surface area contributed by atoms with Crippen LogP contribution in [0, 0.1) is 0 Å². The summed E-state index contributed by atoms with van der Waals surface area (Å²) in [4.78, 5) is 15.5. The molecule has 3 aromatic rings. The molecule has 24 heavy (non-hydrogen) atoms. The van der Waals surface area contributed by atoms with Crippen LogP contribution in [0.3, 0.4) is 0 Å². The van der Waals surface area contributed by atoms with E-state index in [4.69, 9.17) is 23.2 Å². The van der Waals surface area contributed by atoms with E-state index in [0.717, 1.165) is 41.8 Å². The van der Waals surface area contributed by atoms with Crippen LogP contribution in [0.2, 0.25) is 10.0 Å². The van der Waals surface area contributed by atoms with Gasteiger partial charge in [-0.15, -0.1) is 0 Å². The van der Waals surface area contributed by atoms with Crippen molar-refractivity contribution in [3.05, 3.63) is 51.4 Å². The molecule has 0 unspecified atom stereocenters. The SMILES string of the molecule is O=C(NCc1cnn2c1CNCC2)c1cc2c(Cl)cc(Cl)cc2[nH]1. The lowest BCUT2D eigenvalue weighted by Gasteiger charge is -2.16. The van der Waals surface area contributed by atoms with Crippen LogP contribution in [-0.2, 0) is 19.6 Å². The van der Waals surface area contributed by atoms with E-state index in [0.29, 0.717) is 22.3 Å². The van der Waals surface area contributed by atoms with Crippen molar-refractivity contribution < 1.29 is 4.79 Å². The fourth-order valence-corrected chi connectivity index (χ4v) is 3.49. The minimum atomic E-state index is -0.192. The van der Waals surface area contributed by atoms with Crippen molar-refractivity contribution in [1.82, 2.24) is 25.4 Å². The maximum atomic E-state index is 12.4. The monoisotopic (exact) mass is 363 g/mol. The van der Waals surface area contributed by atoms with Crippen LogP contribution >= 0.6 is 23.2 Å². The maximum Gasteiger partial charge on any atom is 0.267 e. The zero-order chi connectivity index (χ0) is 16.7. The van der Waals surface area contributed by atoms with E-state index in [1.54, 1.807) is 18.2 Å². The van der Waals surface area contributed by atoms with E-state index >= 15 is 0 Å². The molecular weight excluding hydrogens is 349 g/mol. The van der Waals surface area contributed by atoms with Crippen LogP contribution in [0.15, 0.2) is 24.4 Å². The Labute approximate surface area is 148 Å². The summed E-state index contributed by atoms with van der Waals surface area (Å²) in [6.07, 6.45) is 1.81. The molecular formula is C16H15Cl2N5O. The van der Waals surface area contributed by atoms with E-state index in [1.807, 2.05) is 10.9 Å². The van der Waals surface area contributed by atoms with E-state index in [1.165, 1.54) is 0 Å². The number of halogens is 2. The number of benzene rings is 1. The van der Waals surface area contributed by atoms with Crippen LogP contribution in [0.25, 0.3) is 10.9 Å². The van der Waals surface area contributed by atoms with Gasteiger partial charge in [0.2, 0.25) is 0 Å². The van der Waals surface area contributed by atoms with Gasteiger partial charge in [-0.2, -0.15) is 5.10 Å². The highest BCUT2D eigenvalue weighted by molar-refractivity contribution is 6.38. The number of aromatic nitrogens is 3. The molecule has 124 valence electrons. The van der Waals surface area contributed by atoms with Gasteiger partial charge in [-0.3, -0.25) is 9.48 Å². The second-order valence-electron chi connectivity index (χ2n) is 5.73. The van der Waals surface area contributed by atoms with Crippen molar-refractivity contribution >= 4 is 40.0 Å². The van der Waals surface area contributed by atoms with Crippen molar-refractivity contribution in [1.29, 1.82) is 0 Å². The molecule has 0 fully saturated rings. The van der Waals surface area contributed by atoms with Gasteiger partial charge in [-0.05, 0) is 18.2 Å². The van der Waals surface area contributed by atoms with Gasteiger partial charge in [-0.1, -0.05) is 23.2 Å². The molecule has 4 rings (SSSR count). The second kappa shape index (κ2) is 6.12. The third-order valence-corrected chi connectivity index (χ3v) is 4.70. The molecule has 3 heterocycles. The number of fused-ring (bicyclic) bond motifs is 2. The Morgan fingerprint density at radius 2 is 2.21 bits per heavy atom. The number of nitrogens with one attached hydrogen (secondary N) is 3. The molecule has 1 amide bonds. The molecule has 6 nitrogen and oxygen atoms in total. The van der Waals surface area contributed by atoms with E-state index in [-0.39, 0.29) is 5.91 Å². The number of H-pyrrole nitrogens is 1. The Balaban J connectivity index is 1.52. The van der Waals surface area contributed by atoms with Crippen molar-refractivity contribution in [2.45, 2.75) is 19.6 Å². The first-order valence-corrected chi connectivity index (χ1v) is 8.37. The number of carbonyl (C=O) groups excluding carboxylic acids is 1. The van der Waals surface area contributed by atoms with E-state index in [9.17, 15) is 4.79 Å². The Bertz CT molecular complexity index is 930. The van der Waals surface area contributed by atoms with Gasteiger partial charge in [0, 0.05) is 41.1 Å². The van der Waals surface area contributed by atoms with Crippen LogP contribution in [-0.4, -0.2) is 27.2 Å². The third kappa shape index (κ3) is 2.77. The molecule has 0 atom stereocenters. The highest BCUT2D eigenvalue weighted by Gasteiger charge is 2.16. The summed E-state index contributed by atoms with van der Waals surface area (Å²) < 4.78 is 1.97. The molecule has 1 aromatic carbocycles. The normalized spacial score (nSPS) is 13.9. The molecule has 2 aromatic heterocycles. The lowest BCUT2D eigenvalue weighted by molar-refractivity contribution is 0.0946. The van der Waals surface area contributed by atoms with E-state index in [2.05, 4.69) is 20.7 Å². The van der Waals surface area contributed by atoms with Gasteiger partial charge in [0.1, 0.15) is 5.69 Å². The zero-order valence-electron chi connectivity index (χ0n) is 12.7. The number of nitrogens with zero attached hydrogens (tertiary/aromatic N) is 2. The van der Waals surface area contributed by atoms with Crippen molar-refractivity contribution in [2.24, 2.45) is 0 Å². The van der Waals surface area contributed by atoms with Crippen LogP contribution in [0.4, 0.5) is 0 Å². The van der Waals surface area contributed by atoms with Gasteiger partial charge in [0.25, 0.3) is 5.91 Å².